The van der Waals surface area contributed by atoms with E-state index >= 15 is 0 Å². The monoisotopic (exact) mass is 249 g/mol. The van der Waals surface area contributed by atoms with E-state index in [0.717, 1.165) is 18.7 Å². The van der Waals surface area contributed by atoms with Crippen molar-refractivity contribution in [3.8, 4) is 0 Å². The van der Waals surface area contributed by atoms with Crippen molar-refractivity contribution >= 4 is 0 Å². The molecule has 0 saturated carbocycles. The summed E-state index contributed by atoms with van der Waals surface area (Å²) in [6, 6.07) is 0. The first-order chi connectivity index (χ1) is 8.81. The zero-order valence-corrected chi connectivity index (χ0v) is 11.2. The summed E-state index contributed by atoms with van der Waals surface area (Å²) in [5.74, 6) is 0. The largest absolute Gasteiger partial charge is 0.364 e. The maximum absolute atomic E-state index is 5.09. The predicted molar refractivity (Wildman–Crippen MR) is 70.3 cm³/mol. The van der Waals surface area contributed by atoms with Crippen molar-refractivity contribution in [3.05, 3.63) is 17.5 Å². The van der Waals surface area contributed by atoms with Crippen LogP contribution in [0, 0.1) is 5.41 Å². The number of nitrogens with one attached hydrogen (secondary N) is 1. The Morgan fingerprint density at radius 1 is 1.50 bits per heavy atom. The van der Waals surface area contributed by atoms with E-state index in [4.69, 9.17) is 4.52 Å². The Bertz CT molecular complexity index is 395. The van der Waals surface area contributed by atoms with Crippen LogP contribution in [0.5, 0.6) is 0 Å². The Kier molecular flexibility index (Phi) is 3.39. The number of piperidine rings is 1. The van der Waals surface area contributed by atoms with Gasteiger partial charge in [0.05, 0.1) is 5.69 Å². The van der Waals surface area contributed by atoms with Gasteiger partial charge in [-0.2, -0.15) is 0 Å². The molecule has 2 saturated heterocycles. The lowest BCUT2D eigenvalue weighted by Crippen LogP contribution is -2.41. The molecule has 4 nitrogen and oxygen atoms in total. The Hall–Kier alpha value is -0.870. The van der Waals surface area contributed by atoms with E-state index in [0.29, 0.717) is 5.41 Å². The minimum atomic E-state index is 0.543. The van der Waals surface area contributed by atoms with Gasteiger partial charge < -0.3 is 9.84 Å². The first-order valence-electron chi connectivity index (χ1n) is 7.16. The van der Waals surface area contributed by atoms with Crippen molar-refractivity contribution in [2.75, 3.05) is 26.2 Å². The number of aromatic nitrogens is 1. The molecule has 1 unspecified atom stereocenters. The SMILES string of the molecule is CCc1nocc1CN1CCC2(CCCNC2)C1. The Balaban J connectivity index is 1.62. The molecule has 1 aromatic heterocycles. The normalized spacial score (nSPS) is 29.2. The molecular formula is C14H23N3O. The van der Waals surface area contributed by atoms with Crippen LogP contribution in [0.25, 0.3) is 0 Å². The van der Waals surface area contributed by atoms with Crippen LogP contribution >= 0.6 is 0 Å². The van der Waals surface area contributed by atoms with Crippen LogP contribution in [0.3, 0.4) is 0 Å². The zero-order valence-electron chi connectivity index (χ0n) is 11.2. The second-order valence-corrected chi connectivity index (χ2v) is 5.88. The molecule has 2 aliphatic rings. The topological polar surface area (TPSA) is 41.3 Å². The predicted octanol–water partition coefficient (Wildman–Crippen LogP) is 1.81. The van der Waals surface area contributed by atoms with E-state index in [2.05, 4.69) is 22.3 Å². The highest BCUT2D eigenvalue weighted by molar-refractivity contribution is 5.14. The number of nitrogens with zero attached hydrogens (tertiary/aromatic N) is 2. The van der Waals surface area contributed by atoms with Crippen molar-refractivity contribution in [2.24, 2.45) is 5.41 Å². The highest BCUT2D eigenvalue weighted by Gasteiger charge is 2.38. The maximum Gasteiger partial charge on any atom is 0.128 e. The van der Waals surface area contributed by atoms with Gasteiger partial charge in [0.25, 0.3) is 0 Å². The summed E-state index contributed by atoms with van der Waals surface area (Å²) in [5, 5.41) is 7.63. The van der Waals surface area contributed by atoms with Crippen molar-refractivity contribution in [3.63, 3.8) is 0 Å². The van der Waals surface area contributed by atoms with Gasteiger partial charge in [-0.25, -0.2) is 0 Å². The number of likely N-dealkylation sites (tertiary alicyclic amines) is 1. The molecule has 3 rings (SSSR count). The number of hydrogen-bond acceptors (Lipinski definition) is 4. The quantitative estimate of drug-likeness (QED) is 0.887. The molecule has 1 aromatic rings. The van der Waals surface area contributed by atoms with Crippen molar-refractivity contribution in [2.45, 2.75) is 39.2 Å². The van der Waals surface area contributed by atoms with Crippen LogP contribution in [-0.2, 0) is 13.0 Å². The fraction of sp³-hybridized carbons (Fsp3) is 0.786. The van der Waals surface area contributed by atoms with E-state index < -0.39 is 0 Å². The molecule has 1 spiro atoms. The Labute approximate surface area is 109 Å². The molecule has 0 aromatic carbocycles. The highest BCUT2D eigenvalue weighted by Crippen LogP contribution is 2.37. The first kappa shape index (κ1) is 12.2. The third-order valence-electron chi connectivity index (χ3n) is 4.54. The first-order valence-corrected chi connectivity index (χ1v) is 7.16. The lowest BCUT2D eigenvalue weighted by molar-refractivity contribution is 0.199. The molecule has 0 aliphatic carbocycles. The minimum absolute atomic E-state index is 0.543. The smallest absolute Gasteiger partial charge is 0.128 e. The van der Waals surface area contributed by atoms with Gasteiger partial charge in [0.15, 0.2) is 0 Å². The average Bonchev–Trinajstić information content (AvgIpc) is 2.99. The van der Waals surface area contributed by atoms with E-state index in [1.54, 1.807) is 0 Å². The zero-order chi connectivity index (χ0) is 12.4. The van der Waals surface area contributed by atoms with Gasteiger partial charge in [0.2, 0.25) is 0 Å². The maximum atomic E-state index is 5.09. The van der Waals surface area contributed by atoms with Gasteiger partial charge in [0, 0.05) is 25.2 Å². The molecule has 2 fully saturated rings. The van der Waals surface area contributed by atoms with Crippen LogP contribution in [-0.4, -0.2) is 36.2 Å². The van der Waals surface area contributed by atoms with Gasteiger partial charge in [-0.3, -0.25) is 4.90 Å². The summed E-state index contributed by atoms with van der Waals surface area (Å²) in [5.41, 5.74) is 2.94. The summed E-state index contributed by atoms with van der Waals surface area (Å²) in [4.78, 5) is 2.57. The second kappa shape index (κ2) is 5.02. The Morgan fingerprint density at radius 3 is 3.22 bits per heavy atom. The van der Waals surface area contributed by atoms with Crippen molar-refractivity contribution in [1.29, 1.82) is 0 Å². The third kappa shape index (κ3) is 2.31. The van der Waals surface area contributed by atoms with Gasteiger partial charge >= 0.3 is 0 Å². The summed E-state index contributed by atoms with van der Waals surface area (Å²) >= 11 is 0. The van der Waals surface area contributed by atoms with E-state index in [1.807, 2.05) is 6.26 Å². The molecule has 4 heteroatoms. The van der Waals surface area contributed by atoms with Gasteiger partial charge in [-0.05, 0) is 44.2 Å². The van der Waals surface area contributed by atoms with Crippen LogP contribution in [0.2, 0.25) is 0 Å². The van der Waals surface area contributed by atoms with Crippen molar-refractivity contribution in [1.82, 2.24) is 15.4 Å². The Morgan fingerprint density at radius 2 is 2.44 bits per heavy atom. The molecule has 100 valence electrons. The van der Waals surface area contributed by atoms with Gasteiger partial charge in [-0.1, -0.05) is 12.1 Å². The standard InChI is InChI=1S/C14H23N3O/c1-2-13-12(9-18-16-13)8-17-7-5-14(11-17)4-3-6-15-10-14/h9,15H,2-8,10-11H2,1H3. The van der Waals surface area contributed by atoms with Crippen LogP contribution in [0.1, 0.15) is 37.4 Å². The van der Waals surface area contributed by atoms with Crippen LogP contribution < -0.4 is 5.32 Å². The summed E-state index contributed by atoms with van der Waals surface area (Å²) in [7, 11) is 0. The third-order valence-corrected chi connectivity index (χ3v) is 4.54. The fourth-order valence-electron chi connectivity index (χ4n) is 3.48. The number of rotatable bonds is 3. The molecule has 18 heavy (non-hydrogen) atoms. The molecular weight excluding hydrogens is 226 g/mol. The van der Waals surface area contributed by atoms with Gasteiger partial charge in [0.1, 0.15) is 6.26 Å². The summed E-state index contributed by atoms with van der Waals surface area (Å²) in [6.07, 6.45) is 6.85. The van der Waals surface area contributed by atoms with Gasteiger partial charge in [-0.15, -0.1) is 0 Å². The lowest BCUT2D eigenvalue weighted by atomic mass is 9.80. The highest BCUT2D eigenvalue weighted by atomic mass is 16.5. The van der Waals surface area contributed by atoms with E-state index in [9.17, 15) is 0 Å². The second-order valence-electron chi connectivity index (χ2n) is 5.88. The number of aryl methyl sites for hydroxylation is 1. The van der Waals surface area contributed by atoms with Crippen LogP contribution in [0.15, 0.2) is 10.8 Å². The molecule has 1 N–H and O–H groups in total. The molecule has 0 amide bonds. The molecule has 1 atom stereocenters. The fourth-order valence-corrected chi connectivity index (χ4v) is 3.48. The number of hydrogen-bond donors (Lipinski definition) is 1. The van der Waals surface area contributed by atoms with Crippen LogP contribution in [0.4, 0.5) is 0 Å². The van der Waals surface area contributed by atoms with E-state index in [-0.39, 0.29) is 0 Å². The van der Waals surface area contributed by atoms with Crippen molar-refractivity contribution < 1.29 is 4.52 Å². The molecule has 0 bridgehead atoms. The summed E-state index contributed by atoms with van der Waals surface area (Å²) in [6.45, 7) is 8.00. The molecule has 0 radical (unpaired) electrons. The summed E-state index contributed by atoms with van der Waals surface area (Å²) < 4.78 is 5.09. The minimum Gasteiger partial charge on any atom is -0.364 e. The van der Waals surface area contributed by atoms with E-state index in [1.165, 1.54) is 51.0 Å². The molecule has 2 aliphatic heterocycles. The average molecular weight is 249 g/mol. The molecule has 3 heterocycles. The lowest BCUT2D eigenvalue weighted by Gasteiger charge is -2.34.